The number of fused-ring (bicyclic) bond motifs is 2. The van der Waals surface area contributed by atoms with Gasteiger partial charge in [0, 0.05) is 9.52 Å². The van der Waals surface area contributed by atoms with Crippen LogP contribution in [-0.4, -0.2) is 9.52 Å². The summed E-state index contributed by atoms with van der Waals surface area (Å²) in [5.74, 6) is 0. The van der Waals surface area contributed by atoms with E-state index in [2.05, 4.69) is 51.2 Å². The Bertz CT molecular complexity index is 1730. The van der Waals surface area contributed by atoms with Crippen LogP contribution in [0.1, 0.15) is 48.9 Å². The van der Waals surface area contributed by atoms with Gasteiger partial charge in [-0.3, -0.25) is 0 Å². The molecule has 0 heterocycles. The summed E-state index contributed by atoms with van der Waals surface area (Å²) < 4.78 is 76.0. The number of aryl methyl sites for hydroxylation is 2. The summed E-state index contributed by atoms with van der Waals surface area (Å²) in [6.45, 7) is 8.68. The zero-order chi connectivity index (χ0) is 34.2. The smallest absolute Gasteiger partial charge is 1.00 e. The molecule has 1 radical (unpaired) electrons. The average molecular weight is 824 g/mol. The molecule has 0 amide bonds. The first-order valence-electron chi connectivity index (χ1n) is 15.9. The van der Waals surface area contributed by atoms with E-state index < -0.39 is 23.5 Å². The molecule has 0 spiro atoms. The van der Waals surface area contributed by atoms with Crippen molar-refractivity contribution in [3.8, 4) is 22.3 Å². The summed E-state index contributed by atoms with van der Waals surface area (Å²) in [6, 6.07) is 31.3. The second-order valence-electron chi connectivity index (χ2n) is 11.6. The maximum Gasteiger partial charge on any atom is 4.00 e. The second-order valence-corrected chi connectivity index (χ2v) is 12.7. The van der Waals surface area contributed by atoms with Crippen LogP contribution in [0.5, 0.6) is 0 Å². The van der Waals surface area contributed by atoms with E-state index in [9.17, 15) is 26.3 Å². The molecule has 50 heavy (non-hydrogen) atoms. The molecule has 10 heteroatoms. The Morgan fingerprint density at radius 3 is 1.14 bits per heavy atom. The predicted octanol–water partition coefficient (Wildman–Crippen LogP) is 6.92. The molecule has 0 aliphatic heterocycles. The number of rotatable bonds is 6. The topological polar surface area (TPSA) is 0 Å². The molecular formula is C40H39Cl2F6SiZr. The third kappa shape index (κ3) is 11.7. The fraction of sp³-hybridized carbons (Fsp3) is 0.250. The van der Waals surface area contributed by atoms with E-state index in [-0.39, 0.29) is 51.0 Å². The van der Waals surface area contributed by atoms with Crippen molar-refractivity contribution < 1.29 is 77.4 Å². The Morgan fingerprint density at radius 1 is 0.540 bits per heavy atom. The van der Waals surface area contributed by atoms with Crippen LogP contribution >= 0.6 is 0 Å². The first kappa shape index (κ1) is 45.4. The van der Waals surface area contributed by atoms with Crippen molar-refractivity contribution in [3.05, 3.63) is 131 Å². The van der Waals surface area contributed by atoms with Crippen LogP contribution in [0.15, 0.2) is 109 Å². The predicted molar refractivity (Wildman–Crippen MR) is 187 cm³/mol. The fourth-order valence-corrected chi connectivity index (χ4v) is 5.64. The van der Waals surface area contributed by atoms with Gasteiger partial charge in [0.05, 0.1) is 11.1 Å². The van der Waals surface area contributed by atoms with Crippen LogP contribution in [0.3, 0.4) is 0 Å². The maximum atomic E-state index is 12.7. The number of hydrogen-bond donors (Lipinski definition) is 0. The van der Waals surface area contributed by atoms with Crippen LogP contribution in [0, 0.1) is 0 Å². The molecule has 6 aromatic rings. The van der Waals surface area contributed by atoms with Crippen molar-refractivity contribution in [2.75, 3.05) is 0 Å². The van der Waals surface area contributed by atoms with Crippen molar-refractivity contribution in [3.63, 3.8) is 0 Å². The Balaban J connectivity index is 0.000000439. The molecule has 0 aliphatic carbocycles. The molecule has 263 valence electrons. The molecule has 0 aliphatic rings. The van der Waals surface area contributed by atoms with Crippen molar-refractivity contribution in [1.82, 2.24) is 0 Å². The van der Waals surface area contributed by atoms with E-state index >= 15 is 0 Å². The van der Waals surface area contributed by atoms with Gasteiger partial charge in [0.2, 0.25) is 0 Å². The second kappa shape index (κ2) is 20.4. The maximum absolute atomic E-state index is 12.7. The molecule has 6 aromatic carbocycles. The largest absolute Gasteiger partial charge is 4.00 e. The van der Waals surface area contributed by atoms with Gasteiger partial charge in [-0.25, -0.2) is 0 Å². The van der Waals surface area contributed by atoms with Gasteiger partial charge >= 0.3 is 38.6 Å². The van der Waals surface area contributed by atoms with Crippen LogP contribution in [0.25, 0.3) is 43.8 Å². The zero-order valence-electron chi connectivity index (χ0n) is 28.3. The minimum atomic E-state index is -4.29. The molecule has 0 saturated heterocycles. The molecule has 0 unspecified atom stereocenters. The fourth-order valence-electron chi connectivity index (χ4n) is 5.64. The summed E-state index contributed by atoms with van der Waals surface area (Å²) in [4.78, 5) is 0. The molecule has 0 nitrogen and oxygen atoms in total. The quantitative estimate of drug-likeness (QED) is 0.0974. The van der Waals surface area contributed by atoms with Crippen molar-refractivity contribution in [2.45, 2.75) is 65.0 Å². The number of benzene rings is 4. The van der Waals surface area contributed by atoms with Gasteiger partial charge in [-0.15, -0.1) is 69.1 Å². The van der Waals surface area contributed by atoms with Gasteiger partial charge in [0.1, 0.15) is 0 Å². The first-order valence-corrected chi connectivity index (χ1v) is 18.2. The van der Waals surface area contributed by atoms with Gasteiger partial charge in [-0.05, 0) is 48.2 Å². The summed E-state index contributed by atoms with van der Waals surface area (Å²) in [5, 5.41) is 4.48. The van der Waals surface area contributed by atoms with Gasteiger partial charge in [-0.1, -0.05) is 87.3 Å². The van der Waals surface area contributed by atoms with Gasteiger partial charge < -0.3 is 24.8 Å². The molecule has 0 aromatic heterocycles. The van der Waals surface area contributed by atoms with E-state index in [1.165, 1.54) is 11.1 Å². The molecule has 6 rings (SSSR count). The van der Waals surface area contributed by atoms with E-state index in [0.29, 0.717) is 0 Å². The molecule has 0 fully saturated rings. The van der Waals surface area contributed by atoms with Crippen molar-refractivity contribution in [2.24, 2.45) is 0 Å². The van der Waals surface area contributed by atoms with E-state index in [1.54, 1.807) is 24.3 Å². The van der Waals surface area contributed by atoms with Crippen LogP contribution < -0.4 is 24.8 Å². The van der Waals surface area contributed by atoms with E-state index in [1.807, 2.05) is 36.4 Å². The standard InChI is InChI=1S/2C19H16F3.C2H7Si.2ClH.Zr/c2*1-2-4-13-11-15-5-3-6-17(18(15)12-13)14-7-9-16(10-8-14)19(20,21)22;1-3-2;;;/h2*3,5-12H,2,4H2,1H3;3H,1-2H3;2*1H;/q2*-1;;;;+4/p-2. The van der Waals surface area contributed by atoms with Crippen LogP contribution in [-0.2, 0) is 51.4 Å². The minimum Gasteiger partial charge on any atom is -1.00 e. The Morgan fingerprint density at radius 2 is 0.860 bits per heavy atom. The van der Waals surface area contributed by atoms with Crippen LogP contribution in [0.4, 0.5) is 26.3 Å². The number of halogens is 8. The minimum absolute atomic E-state index is 0. The molecule has 0 atom stereocenters. The Hall–Kier alpha value is -2.64. The third-order valence-corrected chi connectivity index (χ3v) is 7.74. The van der Waals surface area contributed by atoms with Gasteiger partial charge in [0.25, 0.3) is 0 Å². The molecular weight excluding hydrogens is 785 g/mol. The van der Waals surface area contributed by atoms with Crippen LogP contribution in [0.2, 0.25) is 13.1 Å². The average Bonchev–Trinajstić information content (AvgIpc) is 3.65. The normalized spacial score (nSPS) is 10.9. The summed E-state index contributed by atoms with van der Waals surface area (Å²) in [6.07, 6.45) is -4.40. The summed E-state index contributed by atoms with van der Waals surface area (Å²) in [7, 11) is 0.750. The first-order chi connectivity index (χ1) is 22.4. The zero-order valence-corrected chi connectivity index (χ0v) is 33.4. The van der Waals surface area contributed by atoms with E-state index in [4.69, 9.17) is 0 Å². The third-order valence-electron chi connectivity index (χ3n) is 7.74. The van der Waals surface area contributed by atoms with Gasteiger partial charge in [0.15, 0.2) is 0 Å². The monoisotopic (exact) mass is 821 g/mol. The number of alkyl halides is 6. The number of hydrogen-bond acceptors (Lipinski definition) is 0. The summed E-state index contributed by atoms with van der Waals surface area (Å²) in [5.41, 5.74) is 4.91. The Kier molecular flexibility index (Phi) is 18.5. The van der Waals surface area contributed by atoms with Crippen molar-refractivity contribution in [1.29, 1.82) is 0 Å². The molecule has 0 saturated carbocycles. The van der Waals surface area contributed by atoms with E-state index in [0.717, 1.165) is 103 Å². The van der Waals surface area contributed by atoms with Crippen molar-refractivity contribution >= 4 is 31.1 Å². The molecule has 0 bridgehead atoms. The summed E-state index contributed by atoms with van der Waals surface area (Å²) >= 11 is 0. The Labute approximate surface area is 325 Å². The SMILES string of the molecule is CCCc1cc2c(-c3ccc(C(F)(F)F)cc3)cccc2[cH-]1.CCCc1cc2c(-c3ccc(C(F)(F)F)cc3)cccc2[cH-]1.C[SiH]C.[Cl-].[Cl-].[Zr+4]. The molecule has 0 N–H and O–H groups in total. The van der Waals surface area contributed by atoms with Gasteiger partial charge in [-0.2, -0.15) is 38.5 Å².